The molecule has 47 heteroatoms. The summed E-state index contributed by atoms with van der Waals surface area (Å²) in [6.45, 7) is 73.5. The Bertz CT molecular complexity index is 2800. The lowest BCUT2D eigenvalue weighted by Gasteiger charge is -2.23. The van der Waals surface area contributed by atoms with Gasteiger partial charge in [-0.1, -0.05) is 430 Å². The Morgan fingerprint density at radius 2 is 0.810 bits per heavy atom. The topological polar surface area (TPSA) is 304 Å². The van der Waals surface area contributed by atoms with E-state index in [1.807, 2.05) is 162 Å². The minimum absolute atomic E-state index is 0.0282. The van der Waals surface area contributed by atoms with Crippen LogP contribution in [0.15, 0.2) is 15.1 Å². The number of hydrogen-bond acceptors (Lipinski definition) is 42. The number of aliphatic imine (C=N–C) groups is 2. The molecule has 13 atom stereocenters. The number of carbonyl (C=O) groups is 5. The Morgan fingerprint density at radius 3 is 1.09 bits per heavy atom. The Morgan fingerprint density at radius 1 is 0.453 bits per heavy atom. The highest BCUT2D eigenvalue weighted by Crippen LogP contribution is 2.39. The van der Waals surface area contributed by atoms with Crippen molar-refractivity contribution < 1.29 is 66.5 Å². The van der Waals surface area contributed by atoms with Crippen molar-refractivity contribution in [3.8, 4) is 0 Å². The molecule has 21 nitrogen and oxygen atoms in total. The summed E-state index contributed by atoms with van der Waals surface area (Å²) in [5.74, 6) is 8.36. The average Bonchev–Trinajstić information content (AvgIpc) is 0.888. The molecule has 0 saturated carbocycles. The number of rotatable bonds is 59. The number of isothiocyanates is 2. The quantitative estimate of drug-likeness (QED) is 0.00658. The fourth-order valence-electron chi connectivity index (χ4n) is 8.40. The molecule has 1 unspecified atom stereocenters. The Labute approximate surface area is 942 Å². The van der Waals surface area contributed by atoms with Crippen LogP contribution in [0, 0.1) is 71.0 Å². The molecule has 137 heavy (non-hydrogen) atoms. The molecule has 0 heterocycles. The number of phosphoric ester groups is 1. The van der Waals surface area contributed by atoms with E-state index in [0.717, 1.165) is 67.2 Å². The Balaban J connectivity index is -0.000000125. The van der Waals surface area contributed by atoms with Gasteiger partial charge in [-0.15, -0.1) is 0 Å². The van der Waals surface area contributed by atoms with Crippen LogP contribution in [0.5, 0.6) is 0 Å². The molecule has 0 aliphatic heterocycles. The molecule has 0 bridgehead atoms. The molecule has 0 rings (SSSR count). The van der Waals surface area contributed by atoms with Gasteiger partial charge in [-0.2, -0.15) is 4.99 Å². The smallest absolute Gasteiger partial charge is 0.510 e. The van der Waals surface area contributed by atoms with E-state index in [-0.39, 0.29) is 62.8 Å². The maximum Gasteiger partial charge on any atom is 0.510 e. The number of hydrogen-bond donors (Lipinski definition) is 2. The molecule has 0 aliphatic carbocycles. The van der Waals surface area contributed by atoms with E-state index in [1.54, 1.807) is 177 Å². The number of amides is 1. The minimum atomic E-state index is -4.56. The summed E-state index contributed by atoms with van der Waals surface area (Å²) in [4.78, 5) is 86.9. The standard InChI is InChI=1S/C9H15NO3S3.C9H19NOS2.C9H18O3S2.C9H18OS2.C8H16OS3.C7H13NS3.C7H16O.2C7H16S2.C6H13N3S2.C6H15NS2.C6H15O4PS2/c1-7(2)8(16-15-3)4-12-9(11)13-5-10-6-14;1-6-10(4)9(11)8(7(2)3)13-12-5;1-6(2)8(14-13-5)12-9(10)11-7(3)4;1-5-6-8(10)9(7(2)3)12-11-4;1-6(2)8(12-10-4)5-11-7(3)9;1-6(2)7(11-10-3)4-8-5-9;1-5-8-7(4)6(2)3;2*1-5-7(6(2)3)9-8-4;1-5(2)6(11-10-3)4-8-9-7;1-5(2)6(4-7)9-8-3;1-5(2)6(13-12-3)4-10-11(7,8)9/h7-8H,4-5H2,1-3H3;7-8H,6H2,1-5H3;6-8H,1-5H3;7,9H,5-6H2,1-4H3;6,8H,5H2,1-4H3;6-7H,4H2,1-3H3;6-7H,5H2,1-4H3;2*6-7H,5H2,1-4H3;5-6H,4H2,1-3H3;5-6H,4,7H2,1-3H3;5-6H,4H2,1-3H3,(H2,7,8,9)/p-1/t3*8-;9-;8-;4*7-;3*6-/m100011111111/s1. The van der Waals surface area contributed by atoms with Gasteiger partial charge in [0.05, 0.1) is 51.4 Å². The van der Waals surface area contributed by atoms with Crippen LogP contribution in [0.4, 0.5) is 9.59 Å². The van der Waals surface area contributed by atoms with Crippen LogP contribution >= 0.6 is 281 Å². The highest BCUT2D eigenvalue weighted by Gasteiger charge is 2.27. The second-order valence-corrected chi connectivity index (χ2v) is 65.4. The van der Waals surface area contributed by atoms with Gasteiger partial charge in [0.25, 0.3) is 7.82 Å². The third-order valence-electron chi connectivity index (χ3n) is 17.1. The lowest BCUT2D eigenvalue weighted by Crippen LogP contribution is -2.36. The van der Waals surface area contributed by atoms with Crippen molar-refractivity contribution in [2.75, 3.05) is 134 Å². The second-order valence-electron chi connectivity index (χ2n) is 33.1. The molecule has 0 aromatic carbocycles. The number of Topliss-reactive ketones (excluding diaryl/α,β-unsaturated/α-hetero) is 1. The van der Waals surface area contributed by atoms with Gasteiger partial charge in [0.1, 0.15) is 12.4 Å². The van der Waals surface area contributed by atoms with Crippen molar-refractivity contribution in [2.24, 2.45) is 91.8 Å². The van der Waals surface area contributed by atoms with Crippen LogP contribution in [0.25, 0.3) is 10.4 Å². The number of thioether (sulfide) groups is 1. The highest BCUT2D eigenvalue weighted by molar-refractivity contribution is 8.79. The number of carbonyl (C=O) groups excluding carboxylic acids is 5. The number of ketones is 1. The van der Waals surface area contributed by atoms with Gasteiger partial charge in [0.2, 0.25) is 5.91 Å². The Kier molecular flexibility index (Phi) is 144. The lowest BCUT2D eigenvalue weighted by atomic mass is 10.0. The number of phosphoric acid groups is 1. The zero-order valence-electron chi connectivity index (χ0n) is 91.8. The SMILES string of the molecule is CCCC(=O)[C@@H](SSC)C(C)C.CCN(C)C(=O)[C@@H](SSC)C(C)C.CCO[C@H](C)C(C)C.CC[C@@H](SSC)C(C)C.CC[C@@H](SSC)C(C)C.CSS[C@H](CN)C(C)C.CSS[C@H](CN=C=S)C(C)C.CSS[C@H](CN=[N+]=[N-])C(C)C.CSS[C@H](COC(=O)OCN=C=S)C(C)C.CSS[C@H](COP(=O)([O-])O)C(C)C.CSS[C@H](CSC(C)=O)C(C)C.CSS[C@H](OC(=O)OC(C)C)C(C)C. The van der Waals surface area contributed by atoms with E-state index in [1.165, 1.54) is 35.4 Å². The predicted octanol–water partition coefficient (Wildman–Crippen LogP) is 34.8. The maximum absolute atomic E-state index is 11.8. The molecule has 0 aliphatic rings. The number of nitrogens with zero attached hydrogens (tertiary/aromatic N) is 6. The normalized spacial score (nSPS) is 13.8. The van der Waals surface area contributed by atoms with Crippen molar-refractivity contribution in [1.82, 2.24) is 4.90 Å². The fourth-order valence-corrected chi connectivity index (χ4v) is 34.7. The summed E-state index contributed by atoms with van der Waals surface area (Å²) in [5, 5.41) is 12.8. The van der Waals surface area contributed by atoms with Gasteiger partial charge in [-0.05, 0) is 229 Å². The van der Waals surface area contributed by atoms with E-state index < -0.39 is 20.1 Å². The summed E-state index contributed by atoms with van der Waals surface area (Å²) in [5.41, 5.74) is 13.5. The molecular formula is C90H189N7O14PS25-. The van der Waals surface area contributed by atoms with E-state index in [4.69, 9.17) is 35.1 Å². The van der Waals surface area contributed by atoms with Gasteiger partial charge in [-0.3, -0.25) is 18.9 Å². The number of ether oxygens (including phenoxy) is 5. The number of thiocarbonyl (C=S) groups is 2. The highest BCUT2D eigenvalue weighted by atomic mass is 33.1. The molecule has 0 spiro atoms. The second kappa shape index (κ2) is 119. The molecule has 3 N–H and O–H groups in total. The van der Waals surface area contributed by atoms with Crippen molar-refractivity contribution in [3.05, 3.63) is 10.4 Å². The van der Waals surface area contributed by atoms with Crippen molar-refractivity contribution in [1.29, 1.82) is 0 Å². The monoisotopic (exact) mass is 2420 g/mol. The van der Waals surface area contributed by atoms with Gasteiger partial charge in [-0.25, -0.2) is 14.6 Å². The summed E-state index contributed by atoms with van der Waals surface area (Å²) >= 11 is 10.3. The zero-order chi connectivity index (χ0) is 109. The lowest BCUT2D eigenvalue weighted by molar-refractivity contribution is -0.219. The van der Waals surface area contributed by atoms with Gasteiger partial charge in [0.15, 0.2) is 17.3 Å². The summed E-state index contributed by atoms with van der Waals surface area (Å²) in [7, 11) is 35.8. The van der Waals surface area contributed by atoms with Crippen LogP contribution in [0.3, 0.4) is 0 Å². The first-order chi connectivity index (χ1) is 64.0. The van der Waals surface area contributed by atoms with Crippen LogP contribution in [-0.2, 0) is 47.2 Å². The first-order valence-corrected chi connectivity index (χ1v) is 77.9. The number of nitrogens with two attached hydrogens (primary N) is 1. The summed E-state index contributed by atoms with van der Waals surface area (Å²) < 4.78 is 39.5. The molecular weight excluding hydrogens is 2240 g/mol. The first-order valence-electron chi connectivity index (χ1n) is 45.8. The van der Waals surface area contributed by atoms with Crippen LogP contribution in [-0.4, -0.2) is 254 Å². The fraction of sp³-hybridized carbons (Fsp3) is 0.922. The largest absolute Gasteiger partial charge is 0.756 e. The van der Waals surface area contributed by atoms with Crippen LogP contribution in [0.1, 0.15) is 254 Å². The molecule has 0 aromatic heterocycles. The van der Waals surface area contributed by atoms with Crippen molar-refractivity contribution in [2.45, 2.75) is 324 Å². The molecule has 0 radical (unpaired) electrons. The van der Waals surface area contributed by atoms with E-state index in [0.29, 0.717) is 99.3 Å². The van der Waals surface area contributed by atoms with Crippen molar-refractivity contribution in [3.63, 3.8) is 0 Å². The molecule has 0 fully saturated rings. The van der Waals surface area contributed by atoms with Gasteiger partial charge in [0, 0.05) is 100.0 Å². The first kappa shape index (κ1) is 166. The van der Waals surface area contributed by atoms with Crippen molar-refractivity contribution >= 4 is 321 Å². The summed E-state index contributed by atoms with van der Waals surface area (Å²) in [6, 6.07) is 0. The van der Waals surface area contributed by atoms with E-state index in [2.05, 4.69) is 261 Å². The third-order valence-corrected chi connectivity index (χ3v) is 45.9. The Hall–Kier alpha value is 4.34. The van der Waals surface area contributed by atoms with Crippen LogP contribution in [0.2, 0.25) is 0 Å². The predicted molar refractivity (Wildman–Crippen MR) is 674 cm³/mol. The molecule has 0 saturated heterocycles. The van der Waals surface area contributed by atoms with E-state index >= 15 is 0 Å². The maximum atomic E-state index is 11.8. The summed E-state index contributed by atoms with van der Waals surface area (Å²) in [6.07, 6.45) is 25.8. The molecule has 824 valence electrons. The molecule has 1 amide bonds. The van der Waals surface area contributed by atoms with Crippen LogP contribution < -0.4 is 10.6 Å². The van der Waals surface area contributed by atoms with E-state index in [9.17, 15) is 33.4 Å². The average molecular weight is 2430 g/mol. The number of azide groups is 1. The van der Waals surface area contributed by atoms with Gasteiger partial charge >= 0.3 is 12.3 Å². The zero-order valence-corrected chi connectivity index (χ0v) is 113. The third kappa shape index (κ3) is 122. The molecule has 0 aromatic rings. The minimum Gasteiger partial charge on any atom is -0.756 e. The van der Waals surface area contributed by atoms with Gasteiger partial charge < -0.3 is 48.6 Å².